The van der Waals surface area contributed by atoms with E-state index in [-0.39, 0.29) is 12.6 Å². The first-order valence-corrected chi connectivity index (χ1v) is 6.17. The number of rotatable bonds is 5. The maximum absolute atomic E-state index is 9.52. The molecule has 1 heterocycles. The highest BCUT2D eigenvalue weighted by molar-refractivity contribution is 5.47. The summed E-state index contributed by atoms with van der Waals surface area (Å²) in [4.78, 5) is 4.15. The number of hydrogen-bond acceptors (Lipinski definition) is 4. The van der Waals surface area contributed by atoms with Crippen molar-refractivity contribution < 1.29 is 9.84 Å². The van der Waals surface area contributed by atoms with Gasteiger partial charge in [0.25, 0.3) is 0 Å². The number of benzene rings is 1. The van der Waals surface area contributed by atoms with Gasteiger partial charge in [0.05, 0.1) is 19.8 Å². The summed E-state index contributed by atoms with van der Waals surface area (Å²) < 4.78 is 5.02. The minimum atomic E-state index is -0.180. The van der Waals surface area contributed by atoms with E-state index >= 15 is 0 Å². The fraction of sp³-hybridized carbons (Fsp3) is 0.267. The van der Waals surface area contributed by atoms with Gasteiger partial charge in [-0.15, -0.1) is 0 Å². The lowest BCUT2D eigenvalue weighted by molar-refractivity contribution is 0.276. The van der Waals surface area contributed by atoms with Gasteiger partial charge in [0.1, 0.15) is 0 Å². The third-order valence-electron chi connectivity index (χ3n) is 2.91. The number of hydrogen-bond donors (Lipinski definition) is 2. The molecule has 1 atom stereocenters. The van der Waals surface area contributed by atoms with E-state index in [1.807, 2.05) is 37.3 Å². The van der Waals surface area contributed by atoms with Gasteiger partial charge in [0, 0.05) is 18.0 Å². The monoisotopic (exact) mass is 258 g/mol. The second-order valence-corrected chi connectivity index (χ2v) is 4.38. The standard InChI is InChI=1S/C15H18N2O2/c1-11-4-3-5-13(8-11)17-14(10-18)12-6-7-15(19-2)16-9-12/h3-9,14,17-18H,10H2,1-2H3. The Morgan fingerprint density at radius 3 is 2.74 bits per heavy atom. The van der Waals surface area contributed by atoms with Crippen molar-refractivity contribution in [3.8, 4) is 5.88 Å². The fourth-order valence-electron chi connectivity index (χ4n) is 1.89. The Hall–Kier alpha value is -2.07. The molecular formula is C15H18N2O2. The van der Waals surface area contributed by atoms with Crippen LogP contribution in [0.5, 0.6) is 5.88 Å². The molecule has 1 unspecified atom stereocenters. The van der Waals surface area contributed by atoms with Gasteiger partial charge in [-0.25, -0.2) is 4.98 Å². The normalized spacial score (nSPS) is 11.9. The van der Waals surface area contributed by atoms with Crippen LogP contribution in [0.15, 0.2) is 42.6 Å². The van der Waals surface area contributed by atoms with Gasteiger partial charge in [-0.05, 0) is 36.2 Å². The van der Waals surface area contributed by atoms with Gasteiger partial charge in [-0.3, -0.25) is 0 Å². The molecule has 0 aliphatic rings. The van der Waals surface area contributed by atoms with E-state index < -0.39 is 0 Å². The van der Waals surface area contributed by atoms with Crippen LogP contribution in [0.3, 0.4) is 0 Å². The molecule has 4 heteroatoms. The van der Waals surface area contributed by atoms with Gasteiger partial charge < -0.3 is 15.2 Å². The number of ether oxygens (including phenoxy) is 1. The van der Waals surface area contributed by atoms with E-state index in [0.29, 0.717) is 5.88 Å². The molecule has 4 nitrogen and oxygen atoms in total. The Bertz CT molecular complexity index is 526. The zero-order valence-corrected chi connectivity index (χ0v) is 11.1. The topological polar surface area (TPSA) is 54.4 Å². The first-order chi connectivity index (χ1) is 9.22. The van der Waals surface area contributed by atoms with E-state index in [9.17, 15) is 5.11 Å². The molecule has 0 fully saturated rings. The Labute approximate surface area is 113 Å². The molecule has 2 aromatic rings. The van der Waals surface area contributed by atoms with Crippen LogP contribution in [-0.4, -0.2) is 23.8 Å². The first kappa shape index (κ1) is 13.4. The molecular weight excluding hydrogens is 240 g/mol. The van der Waals surface area contributed by atoms with Crippen LogP contribution in [0.1, 0.15) is 17.2 Å². The van der Waals surface area contributed by atoms with Crippen LogP contribution in [0.4, 0.5) is 5.69 Å². The zero-order valence-electron chi connectivity index (χ0n) is 11.1. The third kappa shape index (κ3) is 3.45. The highest BCUT2D eigenvalue weighted by Gasteiger charge is 2.10. The summed E-state index contributed by atoms with van der Waals surface area (Å²) >= 11 is 0. The smallest absolute Gasteiger partial charge is 0.212 e. The highest BCUT2D eigenvalue weighted by Crippen LogP contribution is 2.20. The van der Waals surface area contributed by atoms with E-state index in [2.05, 4.69) is 10.3 Å². The number of aromatic nitrogens is 1. The van der Waals surface area contributed by atoms with Crippen LogP contribution in [0, 0.1) is 6.92 Å². The number of aliphatic hydroxyl groups is 1. The van der Waals surface area contributed by atoms with Crippen LogP contribution in [0.2, 0.25) is 0 Å². The van der Waals surface area contributed by atoms with Gasteiger partial charge in [0.2, 0.25) is 5.88 Å². The summed E-state index contributed by atoms with van der Waals surface area (Å²) in [5, 5.41) is 12.8. The zero-order chi connectivity index (χ0) is 13.7. The minimum Gasteiger partial charge on any atom is -0.481 e. The molecule has 0 spiro atoms. The molecule has 0 radical (unpaired) electrons. The second kappa shape index (κ2) is 6.20. The number of anilines is 1. The number of nitrogens with one attached hydrogen (secondary N) is 1. The lowest BCUT2D eigenvalue weighted by Crippen LogP contribution is -2.15. The maximum atomic E-state index is 9.52. The van der Waals surface area contributed by atoms with E-state index in [4.69, 9.17) is 4.74 Å². The van der Waals surface area contributed by atoms with Gasteiger partial charge in [-0.1, -0.05) is 12.1 Å². The number of aliphatic hydroxyl groups excluding tert-OH is 1. The molecule has 0 aliphatic heterocycles. The summed E-state index contributed by atoms with van der Waals surface area (Å²) in [6, 6.07) is 11.5. The Kier molecular flexibility index (Phi) is 4.36. The van der Waals surface area contributed by atoms with E-state index in [1.165, 1.54) is 5.56 Å². The SMILES string of the molecule is COc1ccc(C(CO)Nc2cccc(C)c2)cn1. The molecule has 100 valence electrons. The molecule has 0 saturated carbocycles. The van der Waals surface area contributed by atoms with Crippen molar-refractivity contribution in [3.05, 3.63) is 53.7 Å². The highest BCUT2D eigenvalue weighted by atomic mass is 16.5. The quantitative estimate of drug-likeness (QED) is 0.865. The van der Waals surface area contributed by atoms with Crippen molar-refractivity contribution in [1.29, 1.82) is 0 Å². The molecule has 0 bridgehead atoms. The van der Waals surface area contributed by atoms with Crippen molar-refractivity contribution in [2.24, 2.45) is 0 Å². The van der Waals surface area contributed by atoms with Crippen molar-refractivity contribution in [2.45, 2.75) is 13.0 Å². The molecule has 19 heavy (non-hydrogen) atoms. The third-order valence-corrected chi connectivity index (χ3v) is 2.91. The van der Waals surface area contributed by atoms with Crippen LogP contribution in [0.25, 0.3) is 0 Å². The largest absolute Gasteiger partial charge is 0.481 e. The summed E-state index contributed by atoms with van der Waals surface area (Å²) in [6.45, 7) is 2.04. The number of methoxy groups -OCH3 is 1. The molecule has 0 amide bonds. The van der Waals surface area contributed by atoms with Crippen molar-refractivity contribution in [2.75, 3.05) is 19.0 Å². The minimum absolute atomic E-state index is 0.00194. The van der Waals surface area contributed by atoms with E-state index in [0.717, 1.165) is 11.3 Å². The molecule has 2 N–H and O–H groups in total. The Morgan fingerprint density at radius 2 is 2.16 bits per heavy atom. The summed E-state index contributed by atoms with van der Waals surface area (Å²) in [6.07, 6.45) is 1.71. The number of nitrogens with zero attached hydrogens (tertiary/aromatic N) is 1. The first-order valence-electron chi connectivity index (χ1n) is 6.17. The average Bonchev–Trinajstić information content (AvgIpc) is 2.45. The van der Waals surface area contributed by atoms with Crippen molar-refractivity contribution in [1.82, 2.24) is 4.98 Å². The predicted molar refractivity (Wildman–Crippen MR) is 75.4 cm³/mol. The Balaban J connectivity index is 2.15. The van der Waals surface area contributed by atoms with Gasteiger partial charge in [-0.2, -0.15) is 0 Å². The van der Waals surface area contributed by atoms with Crippen LogP contribution < -0.4 is 10.1 Å². The van der Waals surface area contributed by atoms with E-state index in [1.54, 1.807) is 19.4 Å². The molecule has 1 aromatic heterocycles. The second-order valence-electron chi connectivity index (χ2n) is 4.38. The summed E-state index contributed by atoms with van der Waals surface area (Å²) in [5.74, 6) is 0.566. The summed E-state index contributed by atoms with van der Waals surface area (Å²) in [5.41, 5.74) is 3.08. The van der Waals surface area contributed by atoms with Crippen LogP contribution >= 0.6 is 0 Å². The maximum Gasteiger partial charge on any atom is 0.212 e. The van der Waals surface area contributed by atoms with Gasteiger partial charge in [0.15, 0.2) is 0 Å². The lowest BCUT2D eigenvalue weighted by Gasteiger charge is -2.18. The average molecular weight is 258 g/mol. The van der Waals surface area contributed by atoms with Crippen molar-refractivity contribution in [3.63, 3.8) is 0 Å². The molecule has 0 aliphatic carbocycles. The molecule has 0 saturated heterocycles. The van der Waals surface area contributed by atoms with Crippen molar-refractivity contribution >= 4 is 5.69 Å². The molecule has 1 aromatic carbocycles. The molecule has 2 rings (SSSR count). The summed E-state index contributed by atoms with van der Waals surface area (Å²) in [7, 11) is 1.58. The Morgan fingerprint density at radius 1 is 1.32 bits per heavy atom. The van der Waals surface area contributed by atoms with Crippen LogP contribution in [-0.2, 0) is 0 Å². The number of pyridine rings is 1. The lowest BCUT2D eigenvalue weighted by atomic mass is 10.1. The predicted octanol–water partition coefficient (Wildman–Crippen LogP) is 2.54. The number of aryl methyl sites for hydroxylation is 1. The van der Waals surface area contributed by atoms with Gasteiger partial charge >= 0.3 is 0 Å². The fourth-order valence-corrected chi connectivity index (χ4v) is 1.89.